The minimum absolute atomic E-state index is 0.518. The molecule has 0 aromatic rings. The summed E-state index contributed by atoms with van der Waals surface area (Å²) in [5.41, 5.74) is 0. The van der Waals surface area contributed by atoms with Gasteiger partial charge in [-0.1, -0.05) is 39.0 Å². The second-order valence-electron chi connectivity index (χ2n) is 5.41. The summed E-state index contributed by atoms with van der Waals surface area (Å²) < 4.78 is 0. The normalized spacial score (nSPS) is 32.7. The van der Waals surface area contributed by atoms with Gasteiger partial charge in [-0.25, -0.2) is 0 Å². The van der Waals surface area contributed by atoms with E-state index in [1.165, 1.54) is 44.9 Å². The van der Waals surface area contributed by atoms with E-state index >= 15 is 0 Å². The highest BCUT2D eigenvalue weighted by molar-refractivity contribution is 5.84. The second-order valence-corrected chi connectivity index (χ2v) is 5.41. The van der Waals surface area contributed by atoms with Crippen molar-refractivity contribution < 1.29 is 4.79 Å². The van der Waals surface area contributed by atoms with Crippen LogP contribution < -0.4 is 0 Å². The Hall–Kier alpha value is -0.330. The molecule has 2 unspecified atom stereocenters. The fourth-order valence-corrected chi connectivity index (χ4v) is 3.37. The van der Waals surface area contributed by atoms with Gasteiger partial charge in [0.1, 0.15) is 5.78 Å². The monoisotopic (exact) mass is 208 g/mol. The predicted molar refractivity (Wildman–Crippen MR) is 62.7 cm³/mol. The molecule has 1 nitrogen and oxygen atoms in total. The van der Waals surface area contributed by atoms with E-state index in [0.717, 1.165) is 24.7 Å². The lowest BCUT2D eigenvalue weighted by Gasteiger charge is -2.02. The smallest absolute Gasteiger partial charge is 0.136 e. The minimum atomic E-state index is 0.518. The Morgan fingerprint density at radius 3 is 2.40 bits per heavy atom. The van der Waals surface area contributed by atoms with E-state index in [0.29, 0.717) is 11.7 Å². The molecule has 0 radical (unpaired) electrons. The Kier molecular flexibility index (Phi) is 3.82. The van der Waals surface area contributed by atoms with Crippen molar-refractivity contribution in [3.05, 3.63) is 0 Å². The molecule has 1 heteroatoms. The van der Waals surface area contributed by atoms with Crippen molar-refractivity contribution in [2.75, 3.05) is 0 Å². The summed E-state index contributed by atoms with van der Waals surface area (Å²) in [6.07, 6.45) is 11.3. The highest BCUT2D eigenvalue weighted by Crippen LogP contribution is 2.58. The van der Waals surface area contributed by atoms with Gasteiger partial charge in [0.05, 0.1) is 0 Å². The van der Waals surface area contributed by atoms with Crippen molar-refractivity contribution in [1.29, 1.82) is 0 Å². The highest BCUT2D eigenvalue weighted by atomic mass is 16.1. The van der Waals surface area contributed by atoms with E-state index in [1.807, 2.05) is 0 Å². The van der Waals surface area contributed by atoms with Crippen molar-refractivity contribution in [1.82, 2.24) is 0 Å². The van der Waals surface area contributed by atoms with Crippen LogP contribution in [0.15, 0.2) is 0 Å². The molecular formula is C14H24O. The van der Waals surface area contributed by atoms with Crippen LogP contribution in [-0.2, 0) is 4.79 Å². The number of ketones is 1. The van der Waals surface area contributed by atoms with Crippen LogP contribution in [0.2, 0.25) is 0 Å². The molecule has 0 spiro atoms. The fourth-order valence-electron chi connectivity index (χ4n) is 3.37. The maximum absolute atomic E-state index is 11.9. The van der Waals surface area contributed by atoms with Gasteiger partial charge < -0.3 is 0 Å². The van der Waals surface area contributed by atoms with E-state index in [4.69, 9.17) is 0 Å². The van der Waals surface area contributed by atoms with E-state index in [2.05, 4.69) is 6.92 Å². The third-order valence-corrected chi connectivity index (χ3v) is 4.31. The Labute approximate surface area is 93.6 Å². The zero-order chi connectivity index (χ0) is 10.7. The van der Waals surface area contributed by atoms with E-state index < -0.39 is 0 Å². The lowest BCUT2D eigenvalue weighted by molar-refractivity contribution is -0.121. The first kappa shape index (κ1) is 11.2. The summed E-state index contributed by atoms with van der Waals surface area (Å²) in [5, 5.41) is 0. The zero-order valence-corrected chi connectivity index (χ0v) is 10.0. The number of rotatable bonds is 7. The van der Waals surface area contributed by atoms with Gasteiger partial charge in [0.2, 0.25) is 0 Å². The number of hydrogen-bond acceptors (Lipinski definition) is 1. The lowest BCUT2D eigenvalue weighted by Crippen LogP contribution is -2.05. The standard InChI is InChI=1S/C14H24O/c1-2-3-4-5-6-10-13(15)14-11-8-7-9-12(11)14/h11-12,14H,2-10H2,1H3. The molecular weight excluding hydrogens is 184 g/mol. The van der Waals surface area contributed by atoms with Gasteiger partial charge in [0.25, 0.3) is 0 Å². The molecule has 2 saturated carbocycles. The first-order valence-corrected chi connectivity index (χ1v) is 6.87. The summed E-state index contributed by atoms with van der Waals surface area (Å²) in [5.74, 6) is 2.77. The Balaban J connectivity index is 1.54. The zero-order valence-electron chi connectivity index (χ0n) is 10.0. The summed E-state index contributed by atoms with van der Waals surface area (Å²) in [6.45, 7) is 2.23. The highest BCUT2D eigenvalue weighted by Gasteiger charge is 2.55. The Morgan fingerprint density at radius 2 is 1.73 bits per heavy atom. The van der Waals surface area contributed by atoms with Gasteiger partial charge in [-0.2, -0.15) is 0 Å². The maximum Gasteiger partial charge on any atom is 0.136 e. The molecule has 86 valence electrons. The fraction of sp³-hybridized carbons (Fsp3) is 0.929. The lowest BCUT2D eigenvalue weighted by atomic mass is 10.0. The summed E-state index contributed by atoms with van der Waals surface area (Å²) in [7, 11) is 0. The SMILES string of the molecule is CCCCCCCC(=O)C1C2CCCC21. The van der Waals surface area contributed by atoms with Gasteiger partial charge in [-0.15, -0.1) is 0 Å². The first-order chi connectivity index (χ1) is 7.34. The van der Waals surface area contributed by atoms with Crippen LogP contribution in [0.25, 0.3) is 0 Å². The molecule has 0 amide bonds. The molecule has 0 saturated heterocycles. The third kappa shape index (κ3) is 2.62. The molecule has 2 atom stereocenters. The molecule has 0 bridgehead atoms. The molecule has 2 aliphatic carbocycles. The molecule has 2 fully saturated rings. The van der Waals surface area contributed by atoms with Gasteiger partial charge in [0, 0.05) is 12.3 Å². The van der Waals surface area contributed by atoms with Crippen LogP contribution in [0.3, 0.4) is 0 Å². The third-order valence-electron chi connectivity index (χ3n) is 4.31. The van der Waals surface area contributed by atoms with Gasteiger partial charge in [-0.05, 0) is 31.1 Å². The van der Waals surface area contributed by atoms with E-state index in [1.54, 1.807) is 0 Å². The van der Waals surface area contributed by atoms with Crippen molar-refractivity contribution in [2.24, 2.45) is 17.8 Å². The Bertz CT molecular complexity index is 211. The number of carbonyl (C=O) groups is 1. The molecule has 2 aliphatic rings. The van der Waals surface area contributed by atoms with Crippen molar-refractivity contribution in [3.63, 3.8) is 0 Å². The van der Waals surface area contributed by atoms with Crippen molar-refractivity contribution in [3.8, 4) is 0 Å². The van der Waals surface area contributed by atoms with Crippen LogP contribution in [0.4, 0.5) is 0 Å². The average molecular weight is 208 g/mol. The van der Waals surface area contributed by atoms with Gasteiger partial charge >= 0.3 is 0 Å². The summed E-state index contributed by atoms with van der Waals surface area (Å²) >= 11 is 0. The number of hydrogen-bond donors (Lipinski definition) is 0. The van der Waals surface area contributed by atoms with Crippen LogP contribution in [0.1, 0.15) is 64.7 Å². The second kappa shape index (κ2) is 5.14. The van der Waals surface area contributed by atoms with E-state index in [9.17, 15) is 4.79 Å². The maximum atomic E-state index is 11.9. The molecule has 0 heterocycles. The molecule has 0 aromatic carbocycles. The number of unbranched alkanes of at least 4 members (excludes halogenated alkanes) is 4. The number of fused-ring (bicyclic) bond motifs is 1. The molecule has 0 aromatic heterocycles. The summed E-state index contributed by atoms with van der Waals surface area (Å²) in [6, 6.07) is 0. The van der Waals surface area contributed by atoms with Gasteiger partial charge in [0.15, 0.2) is 0 Å². The van der Waals surface area contributed by atoms with E-state index in [-0.39, 0.29) is 0 Å². The number of carbonyl (C=O) groups excluding carboxylic acids is 1. The largest absolute Gasteiger partial charge is 0.299 e. The predicted octanol–water partition coefficient (Wildman–Crippen LogP) is 3.96. The molecule has 15 heavy (non-hydrogen) atoms. The quantitative estimate of drug-likeness (QED) is 0.579. The van der Waals surface area contributed by atoms with Gasteiger partial charge in [-0.3, -0.25) is 4.79 Å². The van der Waals surface area contributed by atoms with Crippen molar-refractivity contribution >= 4 is 5.78 Å². The van der Waals surface area contributed by atoms with Crippen LogP contribution in [-0.4, -0.2) is 5.78 Å². The molecule has 0 N–H and O–H groups in total. The van der Waals surface area contributed by atoms with Crippen LogP contribution >= 0.6 is 0 Å². The topological polar surface area (TPSA) is 17.1 Å². The minimum Gasteiger partial charge on any atom is -0.299 e. The summed E-state index contributed by atoms with van der Waals surface area (Å²) in [4.78, 5) is 11.9. The molecule has 0 aliphatic heterocycles. The first-order valence-electron chi connectivity index (χ1n) is 6.87. The van der Waals surface area contributed by atoms with Crippen LogP contribution in [0, 0.1) is 17.8 Å². The number of Topliss-reactive ketones (excluding diaryl/α,β-unsaturated/α-hetero) is 1. The van der Waals surface area contributed by atoms with Crippen molar-refractivity contribution in [2.45, 2.75) is 64.7 Å². The Morgan fingerprint density at radius 1 is 1.07 bits per heavy atom. The average Bonchev–Trinajstić information content (AvgIpc) is 2.72. The molecule has 2 rings (SSSR count). The van der Waals surface area contributed by atoms with Crippen LogP contribution in [0.5, 0.6) is 0 Å².